The highest BCUT2D eigenvalue weighted by Crippen LogP contribution is 2.31. The molecule has 0 aliphatic carbocycles. The summed E-state index contributed by atoms with van der Waals surface area (Å²) in [6, 6.07) is 63.4. The molecule has 0 radical (unpaired) electrons. The highest BCUT2D eigenvalue weighted by atomic mass is 35.5. The quantitative estimate of drug-likeness (QED) is 0.0175. The van der Waals surface area contributed by atoms with Gasteiger partial charge in [0.25, 0.3) is 0 Å². The fraction of sp³-hybridized carbons (Fsp3) is 0.439. The Labute approximate surface area is 900 Å². The van der Waals surface area contributed by atoms with Crippen molar-refractivity contribution in [1.29, 1.82) is 0 Å². The summed E-state index contributed by atoms with van der Waals surface area (Å²) in [5, 5.41) is 46.8. The molecule has 0 heterocycles. The third-order valence-corrected chi connectivity index (χ3v) is 25.1. The number of anilines is 8. The lowest BCUT2D eigenvalue weighted by Crippen LogP contribution is -2.40. The van der Waals surface area contributed by atoms with Crippen LogP contribution in [-0.2, 0) is 52.7 Å². The second-order valence-corrected chi connectivity index (χ2v) is 39.4. The Bertz CT molecular complexity index is 5430. The SMILES string of the molecule is C=C(O)CC(C)CC(=O)N(CC)c1ccccc1C.C=C(O)CCC(C)C(=O)N(C)c1ccc(C)cc1.C=C(O)CCC(C)C(=O)N(C)c1ccc(Cl)cc1.C=C(O)CCC(C)C(=O)N(CC)c1ccccc1C.C=C(O)CCC(C)C(=O)N(c1ccccc1)C(C)C.CC(=O)CC(C)C(=O)N(C)c1ccc(Cl)cc1.CC(=O)CCCCCCC(=O)N(C)c1ccccc1C.CCN(C(=O)CCCCC(C)=O)c1ccccc1C. The summed E-state index contributed by atoms with van der Waals surface area (Å²) < 4.78 is 0. The van der Waals surface area contributed by atoms with E-state index in [1.807, 2.05) is 272 Å². The number of amides is 8. The summed E-state index contributed by atoms with van der Waals surface area (Å²) in [6.07, 6.45) is 13.2. The number of halogens is 2. The van der Waals surface area contributed by atoms with E-state index in [1.165, 1.54) is 12.5 Å². The zero-order valence-electron chi connectivity index (χ0n) is 93.2. The maximum absolute atomic E-state index is 12.5. The van der Waals surface area contributed by atoms with E-state index in [0.717, 1.165) is 106 Å². The van der Waals surface area contributed by atoms with Gasteiger partial charge in [-0.05, 0) is 267 Å². The number of carbonyl (C=O) groups excluding carboxylic acids is 11. The Balaban J connectivity index is 0.000000852. The molecule has 814 valence electrons. The molecular formula is C123H172Cl2N8O16. The molecule has 0 aromatic heterocycles. The van der Waals surface area contributed by atoms with Gasteiger partial charge in [-0.3, -0.25) is 38.4 Å². The van der Waals surface area contributed by atoms with Crippen LogP contribution in [0.15, 0.2) is 262 Å². The van der Waals surface area contributed by atoms with Crippen molar-refractivity contribution in [1.82, 2.24) is 0 Å². The molecule has 0 aliphatic heterocycles. The molecule has 0 spiro atoms. The number of aryl methyl sites for hydroxylation is 5. The van der Waals surface area contributed by atoms with Crippen LogP contribution in [0.4, 0.5) is 45.5 Å². The number of rotatable bonds is 47. The lowest BCUT2D eigenvalue weighted by Gasteiger charge is -2.29. The van der Waals surface area contributed by atoms with Gasteiger partial charge in [-0.2, -0.15) is 0 Å². The molecule has 149 heavy (non-hydrogen) atoms. The minimum absolute atomic E-state index is 0.0126. The van der Waals surface area contributed by atoms with Gasteiger partial charge < -0.3 is 79.1 Å². The van der Waals surface area contributed by atoms with Gasteiger partial charge in [0.2, 0.25) is 47.3 Å². The second-order valence-electron chi connectivity index (χ2n) is 38.5. The number of nitrogens with zero attached hydrogens (tertiary/aromatic N) is 8. The van der Waals surface area contributed by atoms with Gasteiger partial charge in [-0.25, -0.2) is 0 Å². The average Bonchev–Trinajstić information content (AvgIpc) is 0.815. The first-order chi connectivity index (χ1) is 70.2. The van der Waals surface area contributed by atoms with Crippen molar-refractivity contribution in [3.8, 4) is 0 Å². The number of aliphatic hydroxyl groups is 5. The fourth-order valence-corrected chi connectivity index (χ4v) is 16.0. The number of para-hydroxylation sites is 5. The van der Waals surface area contributed by atoms with Crippen LogP contribution in [-0.4, -0.2) is 144 Å². The molecule has 8 rings (SSSR count). The normalized spacial score (nSPS) is 11.6. The Kier molecular flexibility index (Phi) is 65.6. The van der Waals surface area contributed by atoms with Crippen LogP contribution in [0.5, 0.6) is 0 Å². The molecule has 8 aromatic carbocycles. The Morgan fingerprint density at radius 1 is 0.282 bits per heavy atom. The summed E-state index contributed by atoms with van der Waals surface area (Å²) >= 11 is 11.6. The van der Waals surface area contributed by atoms with Crippen LogP contribution in [0.25, 0.3) is 0 Å². The van der Waals surface area contributed by atoms with E-state index in [0.29, 0.717) is 120 Å². The monoisotopic (exact) mass is 2090 g/mol. The van der Waals surface area contributed by atoms with Crippen LogP contribution < -0.4 is 39.2 Å². The minimum atomic E-state index is -0.298. The van der Waals surface area contributed by atoms with Crippen LogP contribution in [0.2, 0.25) is 10.0 Å². The predicted molar refractivity (Wildman–Crippen MR) is 618 cm³/mol. The molecule has 0 bridgehead atoms. The average molecular weight is 2090 g/mol. The maximum Gasteiger partial charge on any atom is 0.230 e. The van der Waals surface area contributed by atoms with Crippen molar-refractivity contribution >= 4 is 133 Å². The number of benzene rings is 8. The minimum Gasteiger partial charge on any atom is -0.513 e. The zero-order valence-corrected chi connectivity index (χ0v) is 94.7. The largest absolute Gasteiger partial charge is 0.513 e. The van der Waals surface area contributed by atoms with E-state index in [-0.39, 0.29) is 141 Å². The van der Waals surface area contributed by atoms with Crippen LogP contribution in [0.1, 0.15) is 260 Å². The highest BCUT2D eigenvalue weighted by Gasteiger charge is 2.28. The van der Waals surface area contributed by atoms with Crippen molar-refractivity contribution in [3.05, 3.63) is 300 Å². The molecule has 0 saturated carbocycles. The maximum atomic E-state index is 12.5. The van der Waals surface area contributed by atoms with Crippen molar-refractivity contribution in [3.63, 3.8) is 0 Å². The van der Waals surface area contributed by atoms with Crippen molar-refractivity contribution < 1.29 is 78.3 Å². The molecule has 0 saturated heterocycles. The smallest absolute Gasteiger partial charge is 0.230 e. The first kappa shape index (κ1) is 134. The molecule has 8 amide bonds. The number of ketones is 3. The molecule has 6 atom stereocenters. The molecule has 0 fully saturated rings. The van der Waals surface area contributed by atoms with Crippen molar-refractivity contribution in [2.45, 2.75) is 272 Å². The summed E-state index contributed by atoms with van der Waals surface area (Å²) in [7, 11) is 7.04. The molecule has 8 aromatic rings. The Morgan fingerprint density at radius 2 is 0.577 bits per heavy atom. The van der Waals surface area contributed by atoms with E-state index in [2.05, 4.69) is 32.9 Å². The molecular weight excluding hydrogens is 1920 g/mol. The molecule has 0 aliphatic rings. The predicted octanol–water partition coefficient (Wildman–Crippen LogP) is 29.1. The van der Waals surface area contributed by atoms with Gasteiger partial charge in [-0.15, -0.1) is 0 Å². The van der Waals surface area contributed by atoms with Crippen LogP contribution in [0, 0.1) is 70.1 Å². The number of hydrogen-bond donors (Lipinski definition) is 5. The van der Waals surface area contributed by atoms with E-state index < -0.39 is 0 Å². The van der Waals surface area contributed by atoms with Crippen molar-refractivity contribution in [2.24, 2.45) is 35.5 Å². The lowest BCUT2D eigenvalue weighted by molar-refractivity contribution is -0.126. The lowest BCUT2D eigenvalue weighted by atomic mass is 10.0. The Morgan fingerprint density at radius 3 is 0.913 bits per heavy atom. The third-order valence-electron chi connectivity index (χ3n) is 24.6. The zero-order chi connectivity index (χ0) is 113. The molecule has 26 heteroatoms. The summed E-state index contributed by atoms with van der Waals surface area (Å²) in [5.41, 5.74) is 12.9. The molecule has 24 nitrogen and oxygen atoms in total. The summed E-state index contributed by atoms with van der Waals surface area (Å²) in [5.74, 6) is 0.957. The molecule has 6 unspecified atom stereocenters. The summed E-state index contributed by atoms with van der Waals surface area (Å²) in [6.45, 7) is 55.1. The third kappa shape index (κ3) is 53.5. The van der Waals surface area contributed by atoms with Crippen LogP contribution >= 0.6 is 23.2 Å². The van der Waals surface area contributed by atoms with Gasteiger partial charge in [-0.1, -0.05) is 219 Å². The Hall–Kier alpha value is -13.2. The second kappa shape index (κ2) is 73.0. The first-order valence-electron chi connectivity index (χ1n) is 51.7. The van der Waals surface area contributed by atoms with Gasteiger partial charge >= 0.3 is 0 Å². The van der Waals surface area contributed by atoms with E-state index in [1.54, 1.807) is 120 Å². The highest BCUT2D eigenvalue weighted by molar-refractivity contribution is 6.31. The number of hydrogen-bond acceptors (Lipinski definition) is 16. The van der Waals surface area contributed by atoms with E-state index >= 15 is 0 Å². The fourth-order valence-electron chi connectivity index (χ4n) is 15.7. The standard InChI is InChI=1S/C17H25NO2.4C16H23NO2.C15H21NO2.C14H18ClNO2.C13H16ClNO2/c1-14-10-8-9-12-16(14)18(3)17(20)13-7-5-4-6-11-15(2)19;1-12(2)17(15-8-6-5-7-9-15)16(19)13(3)10-11-14(4)18;1-5-17(15-9-7-6-8-13(15)3)16(19)11-12(2)10-14(4)18;1-5-17(15-9-7-6-8-12(15)2)16(19)13(3)10-11-14(4)18;1-4-17(15-11-7-5-9-13(15)2)16(19)12-8-6-10-14(3)18;1-11-5-9-14(10-6-11)16(4)15(18)12(2)7-8-13(3)17;1-10(4-5-11(2)17)14(18)16(3)13-8-6-12(15)7-9-13;1-9(8-10(2)16)13(17)15(3)12-6-4-11(14)5-7-12/h8-10,12H,4-7,11,13H2,1-3H3;5-9,12-13,18H,4,10-11H2,1-3H3;6-9,12,18H,4-5,10-11H2,1-3H3;6-9,13,18H,4-5,10-11H2,1-3H3;5,7,9,11H,4,6,8,10,12H2,1-3H3;5-6,9-10,12,17H,3,7-8H2,1-2,4H3;6-10,17H,2,4-5H2,1,3H3;4-7,9H,8H2,1-3H3. The van der Waals surface area contributed by atoms with Gasteiger partial charge in [0.05, 0.1) is 28.8 Å². The van der Waals surface area contributed by atoms with Gasteiger partial charge in [0.1, 0.15) is 17.3 Å². The number of aliphatic hydroxyl groups excluding tert-OH is 5. The summed E-state index contributed by atoms with van der Waals surface area (Å²) in [4.78, 5) is 144. The van der Waals surface area contributed by atoms with Crippen molar-refractivity contribution in [2.75, 3.05) is 87.0 Å². The van der Waals surface area contributed by atoms with Gasteiger partial charge in [0.15, 0.2) is 0 Å². The number of unbranched alkanes of at least 4 members (excludes halogenated alkanes) is 4. The van der Waals surface area contributed by atoms with Crippen LogP contribution in [0.3, 0.4) is 0 Å². The number of allylic oxidation sites excluding steroid dienone is 5. The van der Waals surface area contributed by atoms with E-state index in [4.69, 9.17) is 43.6 Å². The topological polar surface area (TPSA) is 315 Å². The number of carbonyl (C=O) groups is 11. The first-order valence-corrected chi connectivity index (χ1v) is 52.5. The molecule has 5 N–H and O–H groups in total. The van der Waals surface area contributed by atoms with E-state index in [9.17, 15) is 57.8 Å². The van der Waals surface area contributed by atoms with Gasteiger partial charge in [0, 0.05) is 210 Å². The number of Topliss-reactive ketones (excluding diaryl/α,β-unsaturated/α-hetero) is 3.